The van der Waals surface area contributed by atoms with Crippen LogP contribution in [0.4, 0.5) is 5.69 Å². The molecule has 1 fully saturated rings. The summed E-state index contributed by atoms with van der Waals surface area (Å²) in [6, 6.07) is 7.25. The molecule has 2 atom stereocenters. The van der Waals surface area contributed by atoms with Gasteiger partial charge in [0.2, 0.25) is 17.7 Å². The highest BCUT2D eigenvalue weighted by molar-refractivity contribution is 8.00. The lowest BCUT2D eigenvalue weighted by Crippen LogP contribution is -2.48. The number of piperidine rings is 1. The molecular weight excluding hydrogens is 418 g/mol. The van der Waals surface area contributed by atoms with E-state index in [4.69, 9.17) is 4.74 Å². The molecule has 0 bridgehead atoms. The summed E-state index contributed by atoms with van der Waals surface area (Å²) in [5.74, 6) is -1.02. The summed E-state index contributed by atoms with van der Waals surface area (Å²) in [5.41, 5.74) is 0.696. The van der Waals surface area contributed by atoms with E-state index >= 15 is 0 Å². The standard InChI is InChI=1S/C22H31N3O5S/c1-5-30-22(29)17-7-6-12-25(13-17)20(27)14-24(4)21(28)15(2)31-19-10-8-18(9-11-19)23-16(3)26/h8-11,15,17H,5-7,12-14H2,1-4H3,(H,23,26). The third kappa shape index (κ3) is 7.57. The van der Waals surface area contributed by atoms with Gasteiger partial charge in [0.1, 0.15) is 0 Å². The topological polar surface area (TPSA) is 96.0 Å². The second kappa shape index (κ2) is 11.7. The fourth-order valence-electron chi connectivity index (χ4n) is 3.42. The predicted octanol–water partition coefficient (Wildman–Crippen LogP) is 2.39. The molecule has 1 aliphatic heterocycles. The minimum atomic E-state index is -0.377. The second-order valence-corrected chi connectivity index (χ2v) is 9.01. The number of hydrogen-bond donors (Lipinski definition) is 1. The van der Waals surface area contributed by atoms with Gasteiger partial charge < -0.3 is 19.9 Å². The van der Waals surface area contributed by atoms with Crippen molar-refractivity contribution in [3.05, 3.63) is 24.3 Å². The second-order valence-electron chi connectivity index (χ2n) is 7.59. The molecule has 1 N–H and O–H groups in total. The van der Waals surface area contributed by atoms with Gasteiger partial charge in [-0.2, -0.15) is 0 Å². The van der Waals surface area contributed by atoms with Crippen LogP contribution in [0.3, 0.4) is 0 Å². The predicted molar refractivity (Wildman–Crippen MR) is 120 cm³/mol. The molecule has 1 saturated heterocycles. The minimum absolute atomic E-state index is 0.0270. The summed E-state index contributed by atoms with van der Waals surface area (Å²) in [6.45, 7) is 6.23. The van der Waals surface area contributed by atoms with Crippen LogP contribution in [0.2, 0.25) is 0 Å². The number of likely N-dealkylation sites (N-methyl/N-ethyl adjacent to an activating group) is 1. The van der Waals surface area contributed by atoms with Gasteiger partial charge in [0, 0.05) is 37.6 Å². The van der Waals surface area contributed by atoms with Crippen LogP contribution < -0.4 is 5.32 Å². The summed E-state index contributed by atoms with van der Waals surface area (Å²) in [6.07, 6.45) is 1.46. The molecule has 2 rings (SSSR count). The Labute approximate surface area is 187 Å². The van der Waals surface area contributed by atoms with Crippen molar-refractivity contribution in [2.45, 2.75) is 43.8 Å². The molecule has 1 aromatic rings. The summed E-state index contributed by atoms with van der Waals surface area (Å²) < 4.78 is 5.08. The number of thioether (sulfide) groups is 1. The maximum Gasteiger partial charge on any atom is 0.310 e. The lowest BCUT2D eigenvalue weighted by Gasteiger charge is -2.33. The van der Waals surface area contributed by atoms with Gasteiger partial charge in [0.25, 0.3) is 0 Å². The Morgan fingerprint density at radius 3 is 2.55 bits per heavy atom. The van der Waals surface area contributed by atoms with Gasteiger partial charge in [-0.05, 0) is 51.0 Å². The third-order valence-electron chi connectivity index (χ3n) is 4.98. The Balaban J connectivity index is 1.86. The minimum Gasteiger partial charge on any atom is -0.466 e. The van der Waals surface area contributed by atoms with Crippen molar-refractivity contribution in [3.63, 3.8) is 0 Å². The molecule has 8 nitrogen and oxygen atoms in total. The number of hydrogen-bond acceptors (Lipinski definition) is 6. The lowest BCUT2D eigenvalue weighted by molar-refractivity contribution is -0.152. The van der Waals surface area contributed by atoms with Crippen molar-refractivity contribution in [2.75, 3.05) is 38.6 Å². The molecule has 9 heteroatoms. The van der Waals surface area contributed by atoms with E-state index in [0.29, 0.717) is 31.8 Å². The molecule has 31 heavy (non-hydrogen) atoms. The van der Waals surface area contributed by atoms with Crippen LogP contribution in [0.25, 0.3) is 0 Å². The SMILES string of the molecule is CCOC(=O)C1CCCN(C(=O)CN(C)C(=O)C(C)Sc2ccc(NC(C)=O)cc2)C1. The number of nitrogens with one attached hydrogen (secondary N) is 1. The molecule has 0 radical (unpaired) electrons. The Morgan fingerprint density at radius 2 is 1.94 bits per heavy atom. The molecule has 0 aliphatic carbocycles. The first-order chi connectivity index (χ1) is 14.7. The Kier molecular flexibility index (Phi) is 9.36. The lowest BCUT2D eigenvalue weighted by atomic mass is 9.98. The van der Waals surface area contributed by atoms with E-state index in [-0.39, 0.29) is 41.4 Å². The van der Waals surface area contributed by atoms with E-state index in [1.807, 2.05) is 12.1 Å². The van der Waals surface area contributed by atoms with Gasteiger partial charge >= 0.3 is 5.97 Å². The normalized spacial score (nSPS) is 16.9. The highest BCUT2D eigenvalue weighted by Crippen LogP contribution is 2.26. The molecule has 1 aliphatic rings. The van der Waals surface area contributed by atoms with Crippen LogP contribution in [0.5, 0.6) is 0 Å². The smallest absolute Gasteiger partial charge is 0.310 e. The van der Waals surface area contributed by atoms with Crippen molar-refractivity contribution < 1.29 is 23.9 Å². The van der Waals surface area contributed by atoms with Crippen molar-refractivity contribution in [2.24, 2.45) is 5.92 Å². The van der Waals surface area contributed by atoms with Crippen molar-refractivity contribution in [1.29, 1.82) is 0 Å². The summed E-state index contributed by atoms with van der Waals surface area (Å²) >= 11 is 1.39. The Bertz CT molecular complexity index is 799. The zero-order valence-electron chi connectivity index (χ0n) is 18.6. The number of rotatable bonds is 8. The number of anilines is 1. The van der Waals surface area contributed by atoms with Crippen molar-refractivity contribution >= 4 is 41.1 Å². The maximum absolute atomic E-state index is 12.7. The number of amides is 3. The van der Waals surface area contributed by atoms with E-state index in [1.54, 1.807) is 37.9 Å². The first kappa shape index (κ1) is 24.7. The van der Waals surface area contributed by atoms with Crippen LogP contribution in [0.15, 0.2) is 29.2 Å². The van der Waals surface area contributed by atoms with Crippen molar-refractivity contribution in [3.8, 4) is 0 Å². The Morgan fingerprint density at radius 1 is 1.26 bits per heavy atom. The van der Waals surface area contributed by atoms with Crippen LogP contribution >= 0.6 is 11.8 Å². The summed E-state index contributed by atoms with van der Waals surface area (Å²) in [5, 5.41) is 2.32. The highest BCUT2D eigenvalue weighted by atomic mass is 32.2. The van der Waals surface area contributed by atoms with E-state index in [0.717, 1.165) is 11.3 Å². The molecule has 0 spiro atoms. The average Bonchev–Trinajstić information content (AvgIpc) is 2.74. The summed E-state index contributed by atoms with van der Waals surface area (Å²) in [7, 11) is 1.62. The molecule has 3 amide bonds. The van der Waals surface area contributed by atoms with Crippen molar-refractivity contribution in [1.82, 2.24) is 9.80 Å². The van der Waals surface area contributed by atoms with Gasteiger partial charge in [0.15, 0.2) is 0 Å². The van der Waals surface area contributed by atoms with Crippen LogP contribution in [-0.2, 0) is 23.9 Å². The number of ether oxygens (including phenoxy) is 1. The first-order valence-electron chi connectivity index (χ1n) is 10.4. The fraction of sp³-hybridized carbons (Fsp3) is 0.545. The van der Waals surface area contributed by atoms with Gasteiger partial charge in [0.05, 0.1) is 24.3 Å². The van der Waals surface area contributed by atoms with Gasteiger partial charge in [-0.1, -0.05) is 0 Å². The largest absolute Gasteiger partial charge is 0.466 e. The molecule has 1 aromatic carbocycles. The quantitative estimate of drug-likeness (QED) is 0.484. The number of likely N-dealkylation sites (tertiary alicyclic amines) is 1. The molecule has 170 valence electrons. The zero-order chi connectivity index (χ0) is 23.0. The average molecular weight is 450 g/mol. The van der Waals surface area contributed by atoms with E-state index < -0.39 is 0 Å². The molecular formula is C22H31N3O5S. The van der Waals surface area contributed by atoms with Gasteiger partial charge in [-0.3, -0.25) is 19.2 Å². The van der Waals surface area contributed by atoms with Gasteiger partial charge in [-0.25, -0.2) is 0 Å². The van der Waals surface area contributed by atoms with Crippen LogP contribution in [0.1, 0.15) is 33.6 Å². The monoisotopic (exact) mass is 449 g/mol. The maximum atomic E-state index is 12.7. The number of carbonyl (C=O) groups is 4. The molecule has 1 heterocycles. The molecule has 0 aromatic heterocycles. The number of benzene rings is 1. The highest BCUT2D eigenvalue weighted by Gasteiger charge is 2.30. The molecule has 2 unspecified atom stereocenters. The summed E-state index contributed by atoms with van der Waals surface area (Å²) in [4.78, 5) is 52.5. The van der Waals surface area contributed by atoms with Gasteiger partial charge in [-0.15, -0.1) is 11.8 Å². The Hall–Kier alpha value is -2.55. The molecule has 0 saturated carbocycles. The van der Waals surface area contributed by atoms with E-state index in [1.165, 1.54) is 23.6 Å². The third-order valence-corrected chi connectivity index (χ3v) is 6.08. The fourth-order valence-corrected chi connectivity index (χ4v) is 4.40. The number of carbonyl (C=O) groups excluding carboxylic acids is 4. The zero-order valence-corrected chi connectivity index (χ0v) is 19.4. The van der Waals surface area contributed by atoms with Crippen LogP contribution in [-0.4, -0.2) is 72.0 Å². The van der Waals surface area contributed by atoms with E-state index in [9.17, 15) is 19.2 Å². The van der Waals surface area contributed by atoms with E-state index in [2.05, 4.69) is 5.32 Å². The number of nitrogens with zero attached hydrogens (tertiary/aromatic N) is 2. The van der Waals surface area contributed by atoms with Crippen LogP contribution in [0, 0.1) is 5.92 Å². The number of esters is 1. The first-order valence-corrected chi connectivity index (χ1v) is 11.3.